The number of benzene rings is 2. The predicted molar refractivity (Wildman–Crippen MR) is 93.7 cm³/mol. The van der Waals surface area contributed by atoms with Gasteiger partial charge < -0.3 is 5.32 Å². The minimum Gasteiger partial charge on any atom is -0.320 e. The quantitative estimate of drug-likeness (QED) is 0.798. The maximum Gasteiger partial charge on any atom is 0.280 e. The molecule has 0 saturated carbocycles. The van der Waals surface area contributed by atoms with E-state index in [2.05, 4.69) is 10.4 Å². The van der Waals surface area contributed by atoms with Crippen molar-refractivity contribution in [2.75, 3.05) is 5.32 Å². The molecule has 2 aromatic carbocycles. The monoisotopic (exact) mass is 337 g/mol. The zero-order chi connectivity index (χ0) is 18.0. The van der Waals surface area contributed by atoms with E-state index < -0.39 is 17.2 Å². The molecule has 0 spiro atoms. The zero-order valence-corrected chi connectivity index (χ0v) is 13.8. The molecule has 126 valence electrons. The summed E-state index contributed by atoms with van der Waals surface area (Å²) in [6, 6.07) is 14.6. The second-order valence-corrected chi connectivity index (χ2v) is 5.66. The van der Waals surface area contributed by atoms with Crippen LogP contribution in [0.1, 0.15) is 21.7 Å². The average molecular weight is 337 g/mol. The van der Waals surface area contributed by atoms with Crippen molar-refractivity contribution in [2.24, 2.45) is 0 Å². The Morgan fingerprint density at radius 2 is 1.80 bits per heavy atom. The highest BCUT2D eigenvalue weighted by Crippen LogP contribution is 2.16. The van der Waals surface area contributed by atoms with Gasteiger partial charge in [0.2, 0.25) is 5.43 Å². The molecule has 0 unspecified atom stereocenters. The van der Waals surface area contributed by atoms with E-state index in [4.69, 9.17) is 0 Å². The van der Waals surface area contributed by atoms with Crippen LogP contribution in [-0.2, 0) is 0 Å². The molecule has 0 aliphatic rings. The maximum atomic E-state index is 13.2. The van der Waals surface area contributed by atoms with E-state index in [1.165, 1.54) is 28.9 Å². The van der Waals surface area contributed by atoms with Gasteiger partial charge in [-0.25, -0.2) is 9.07 Å². The topological polar surface area (TPSA) is 64.0 Å². The Bertz CT molecular complexity index is 997. The zero-order valence-electron chi connectivity index (χ0n) is 13.8. The van der Waals surface area contributed by atoms with Gasteiger partial charge in [-0.05, 0) is 49.7 Å². The minimum atomic E-state index is -0.635. The largest absolute Gasteiger partial charge is 0.320 e. The summed E-state index contributed by atoms with van der Waals surface area (Å²) in [6.45, 7) is 3.41. The molecule has 1 amide bonds. The van der Waals surface area contributed by atoms with E-state index in [-0.39, 0.29) is 5.69 Å². The number of halogens is 1. The molecule has 3 aromatic rings. The number of carbonyl (C=O) groups is 1. The third-order valence-corrected chi connectivity index (χ3v) is 3.76. The number of hydrogen-bond donors (Lipinski definition) is 1. The van der Waals surface area contributed by atoms with Crippen molar-refractivity contribution in [1.82, 2.24) is 9.78 Å². The fourth-order valence-electron chi connectivity index (χ4n) is 2.48. The van der Waals surface area contributed by atoms with E-state index in [9.17, 15) is 14.0 Å². The van der Waals surface area contributed by atoms with Gasteiger partial charge in [-0.2, -0.15) is 5.10 Å². The van der Waals surface area contributed by atoms with E-state index in [1.54, 1.807) is 13.8 Å². The lowest BCUT2D eigenvalue weighted by atomic mass is 10.2. The lowest BCUT2D eigenvalue weighted by Gasteiger charge is -2.12. The highest BCUT2D eigenvalue weighted by Gasteiger charge is 2.16. The molecule has 1 aromatic heterocycles. The second kappa shape index (κ2) is 6.68. The van der Waals surface area contributed by atoms with Crippen molar-refractivity contribution in [3.05, 3.63) is 87.6 Å². The summed E-state index contributed by atoms with van der Waals surface area (Å²) in [7, 11) is 0. The minimum absolute atomic E-state index is 0.224. The molecule has 6 heteroatoms. The summed E-state index contributed by atoms with van der Waals surface area (Å²) >= 11 is 0. The molecule has 0 fully saturated rings. The van der Waals surface area contributed by atoms with Crippen LogP contribution < -0.4 is 10.7 Å². The van der Waals surface area contributed by atoms with E-state index >= 15 is 0 Å². The molecule has 3 rings (SSSR count). The lowest BCUT2D eigenvalue weighted by molar-refractivity contribution is 0.101. The first-order valence-corrected chi connectivity index (χ1v) is 7.69. The summed E-state index contributed by atoms with van der Waals surface area (Å²) < 4.78 is 14.7. The lowest BCUT2D eigenvalue weighted by Crippen LogP contribution is -2.27. The maximum absolute atomic E-state index is 13.2. The van der Waals surface area contributed by atoms with Crippen molar-refractivity contribution in [2.45, 2.75) is 13.8 Å². The number of anilines is 1. The number of aromatic nitrogens is 2. The molecule has 1 heterocycles. The Labute approximate surface area is 143 Å². The molecule has 0 aliphatic carbocycles. The van der Waals surface area contributed by atoms with Crippen molar-refractivity contribution in [3.63, 3.8) is 0 Å². The highest BCUT2D eigenvalue weighted by molar-refractivity contribution is 6.03. The smallest absolute Gasteiger partial charge is 0.280 e. The van der Waals surface area contributed by atoms with Crippen LogP contribution in [0.5, 0.6) is 0 Å². The Hall–Kier alpha value is -3.28. The van der Waals surface area contributed by atoms with Crippen molar-refractivity contribution >= 4 is 11.6 Å². The number of rotatable bonds is 3. The fraction of sp³-hybridized carbons (Fsp3) is 0.105. The first kappa shape index (κ1) is 16.6. The van der Waals surface area contributed by atoms with Gasteiger partial charge >= 0.3 is 0 Å². The van der Waals surface area contributed by atoms with Crippen LogP contribution in [0, 0.1) is 19.7 Å². The highest BCUT2D eigenvalue weighted by atomic mass is 19.1. The average Bonchev–Trinajstić information content (AvgIpc) is 2.58. The van der Waals surface area contributed by atoms with Gasteiger partial charge in [0.1, 0.15) is 5.82 Å². The van der Waals surface area contributed by atoms with E-state index in [0.717, 1.165) is 5.69 Å². The van der Waals surface area contributed by atoms with Crippen LogP contribution in [-0.4, -0.2) is 15.7 Å². The second-order valence-electron chi connectivity index (χ2n) is 5.66. The first-order valence-electron chi connectivity index (χ1n) is 7.69. The van der Waals surface area contributed by atoms with Gasteiger partial charge in [0.25, 0.3) is 5.91 Å². The number of nitrogens with zero attached hydrogens (tertiary/aromatic N) is 2. The van der Waals surface area contributed by atoms with Gasteiger partial charge in [-0.3, -0.25) is 9.59 Å². The molecule has 5 nitrogen and oxygen atoms in total. The van der Waals surface area contributed by atoms with Crippen LogP contribution in [0.4, 0.5) is 10.1 Å². The normalized spacial score (nSPS) is 10.5. The van der Waals surface area contributed by atoms with Crippen LogP contribution in [0.2, 0.25) is 0 Å². The molecule has 0 atom stereocenters. The van der Waals surface area contributed by atoms with Gasteiger partial charge in [-0.1, -0.05) is 18.2 Å². The third-order valence-electron chi connectivity index (χ3n) is 3.76. The van der Waals surface area contributed by atoms with E-state index in [1.807, 2.05) is 30.3 Å². The number of aryl methyl sites for hydroxylation is 2. The van der Waals surface area contributed by atoms with Crippen LogP contribution in [0.25, 0.3) is 5.69 Å². The third kappa shape index (κ3) is 3.47. The number of amides is 1. The molecule has 0 bridgehead atoms. The van der Waals surface area contributed by atoms with Crippen molar-refractivity contribution in [3.8, 4) is 5.69 Å². The summed E-state index contributed by atoms with van der Waals surface area (Å²) in [6.07, 6.45) is 0. The molecular weight excluding hydrogens is 321 g/mol. The molecule has 1 N–H and O–H groups in total. The van der Waals surface area contributed by atoms with Crippen molar-refractivity contribution < 1.29 is 9.18 Å². The summed E-state index contributed by atoms with van der Waals surface area (Å²) in [5, 5.41) is 6.81. The summed E-state index contributed by atoms with van der Waals surface area (Å²) in [5.41, 5.74) is 1.65. The fourth-order valence-corrected chi connectivity index (χ4v) is 2.48. The van der Waals surface area contributed by atoms with Gasteiger partial charge in [0, 0.05) is 17.4 Å². The first-order chi connectivity index (χ1) is 12.0. The van der Waals surface area contributed by atoms with Crippen LogP contribution >= 0.6 is 0 Å². The number of para-hydroxylation sites is 1. The van der Waals surface area contributed by atoms with Crippen molar-refractivity contribution in [1.29, 1.82) is 0 Å². The molecule has 25 heavy (non-hydrogen) atoms. The summed E-state index contributed by atoms with van der Waals surface area (Å²) in [5.74, 6) is -1.03. The SMILES string of the molecule is Cc1cc(F)ccc1NC(=O)c1nn(-c2ccccc2)c(C)cc1=O. The molecule has 0 saturated heterocycles. The van der Waals surface area contributed by atoms with Gasteiger partial charge in [-0.15, -0.1) is 0 Å². The molecular formula is C19H16FN3O2. The van der Waals surface area contributed by atoms with Crippen LogP contribution in [0.15, 0.2) is 59.4 Å². The predicted octanol–water partition coefficient (Wildman–Crippen LogP) is 3.24. The summed E-state index contributed by atoms with van der Waals surface area (Å²) in [4.78, 5) is 24.7. The Balaban J connectivity index is 1.99. The van der Waals surface area contributed by atoms with Gasteiger partial charge in [0.05, 0.1) is 5.69 Å². The number of nitrogens with one attached hydrogen (secondary N) is 1. The molecule has 0 aliphatic heterocycles. The Morgan fingerprint density at radius 1 is 1.08 bits per heavy atom. The van der Waals surface area contributed by atoms with Crippen LogP contribution in [0.3, 0.4) is 0 Å². The number of hydrogen-bond acceptors (Lipinski definition) is 3. The van der Waals surface area contributed by atoms with E-state index in [0.29, 0.717) is 16.9 Å². The number of carbonyl (C=O) groups excluding carboxylic acids is 1. The Morgan fingerprint density at radius 3 is 2.48 bits per heavy atom. The van der Waals surface area contributed by atoms with Gasteiger partial charge in [0.15, 0.2) is 5.69 Å². The standard InChI is InChI=1S/C19H16FN3O2/c1-12-10-14(20)8-9-16(12)21-19(25)18-17(24)11-13(2)23(22-18)15-6-4-3-5-7-15/h3-11H,1-2H3,(H,21,25). The Kier molecular flexibility index (Phi) is 4.43. The molecule has 0 radical (unpaired) electrons.